The summed E-state index contributed by atoms with van der Waals surface area (Å²) < 4.78 is 44.1. The van der Waals surface area contributed by atoms with E-state index in [2.05, 4.69) is 6.07 Å². The van der Waals surface area contributed by atoms with Crippen LogP contribution in [0.5, 0.6) is 0 Å². The second kappa shape index (κ2) is 7.28. The van der Waals surface area contributed by atoms with Crippen molar-refractivity contribution in [2.45, 2.75) is 26.3 Å². The molecule has 0 fully saturated rings. The van der Waals surface area contributed by atoms with Gasteiger partial charge in [0.25, 0.3) is 0 Å². The molecule has 0 aliphatic heterocycles. The predicted molar refractivity (Wildman–Crippen MR) is 106 cm³/mol. The first-order valence-electron chi connectivity index (χ1n) is 9.30. The van der Waals surface area contributed by atoms with Crippen LogP contribution in [0, 0.1) is 23.5 Å². The van der Waals surface area contributed by atoms with Crippen molar-refractivity contribution in [3.63, 3.8) is 0 Å². The van der Waals surface area contributed by atoms with E-state index in [9.17, 15) is 18.0 Å². The summed E-state index contributed by atoms with van der Waals surface area (Å²) in [5, 5.41) is 1.20. The van der Waals surface area contributed by atoms with Gasteiger partial charge in [-0.05, 0) is 48.4 Å². The lowest BCUT2D eigenvalue weighted by Gasteiger charge is -2.11. The Bertz CT molecular complexity index is 1260. The lowest BCUT2D eigenvalue weighted by atomic mass is 10.0. The van der Waals surface area contributed by atoms with Crippen molar-refractivity contribution in [2.24, 2.45) is 5.73 Å². The quantitative estimate of drug-likeness (QED) is 0.469. The normalized spacial score (nSPS) is 11.4. The van der Waals surface area contributed by atoms with Crippen LogP contribution in [-0.2, 0) is 13.0 Å². The molecule has 1 amide bonds. The van der Waals surface area contributed by atoms with Crippen LogP contribution in [0.15, 0.2) is 42.5 Å². The molecule has 2 N–H and O–H groups in total. The Kier molecular flexibility index (Phi) is 4.78. The van der Waals surface area contributed by atoms with E-state index in [1.165, 1.54) is 0 Å². The summed E-state index contributed by atoms with van der Waals surface area (Å²) >= 11 is 0. The van der Waals surface area contributed by atoms with Gasteiger partial charge in [0.1, 0.15) is 5.82 Å². The number of carbonyl (C=O) groups excluding carboxylic acids is 1. The van der Waals surface area contributed by atoms with Crippen molar-refractivity contribution >= 4 is 27.7 Å². The topological polar surface area (TPSA) is 48.0 Å². The molecule has 0 aliphatic carbocycles. The smallest absolute Gasteiger partial charge is 0.249 e. The molecule has 0 unspecified atom stereocenters. The maximum atomic E-state index is 14.4. The molecule has 0 aliphatic rings. The predicted octanol–water partition coefficient (Wildman–Crippen LogP) is 5.11. The third kappa shape index (κ3) is 3.14. The van der Waals surface area contributed by atoms with Gasteiger partial charge in [0.2, 0.25) is 5.91 Å². The highest BCUT2D eigenvalue weighted by Crippen LogP contribution is 2.33. The third-order valence-electron chi connectivity index (χ3n) is 5.11. The van der Waals surface area contributed by atoms with Crippen LogP contribution in [0.2, 0.25) is 0 Å². The summed E-state index contributed by atoms with van der Waals surface area (Å²) in [5.74, 6) is -3.78. The fourth-order valence-corrected chi connectivity index (χ4v) is 3.78. The highest BCUT2D eigenvalue weighted by molar-refractivity contribution is 6.17. The third-order valence-corrected chi connectivity index (χ3v) is 5.11. The highest BCUT2D eigenvalue weighted by atomic mass is 19.2. The van der Waals surface area contributed by atoms with E-state index in [1.54, 1.807) is 22.8 Å². The van der Waals surface area contributed by atoms with Crippen molar-refractivity contribution in [1.29, 1.82) is 0 Å². The van der Waals surface area contributed by atoms with Crippen molar-refractivity contribution in [3.8, 4) is 0 Å². The van der Waals surface area contributed by atoms with Crippen molar-refractivity contribution in [2.75, 3.05) is 0 Å². The van der Waals surface area contributed by atoms with Crippen LogP contribution in [0.25, 0.3) is 21.8 Å². The first kappa shape index (κ1) is 19.1. The minimum atomic E-state index is -1.22. The second-order valence-corrected chi connectivity index (χ2v) is 6.99. The zero-order valence-electron chi connectivity index (χ0n) is 15.7. The average Bonchev–Trinajstić information content (AvgIpc) is 3.01. The maximum Gasteiger partial charge on any atom is 0.249 e. The van der Waals surface area contributed by atoms with Gasteiger partial charge in [-0.3, -0.25) is 4.79 Å². The number of primary amides is 1. The largest absolute Gasteiger partial charge is 0.366 e. The van der Waals surface area contributed by atoms with Gasteiger partial charge in [-0.15, -0.1) is 0 Å². The van der Waals surface area contributed by atoms with Crippen LogP contribution in [0.4, 0.5) is 13.2 Å². The number of aromatic nitrogens is 1. The van der Waals surface area contributed by atoms with E-state index in [0.717, 1.165) is 30.5 Å². The lowest BCUT2D eigenvalue weighted by Crippen LogP contribution is -2.11. The molecule has 0 saturated heterocycles. The molecule has 1 radical (unpaired) electrons. The van der Waals surface area contributed by atoms with Gasteiger partial charge < -0.3 is 10.3 Å². The minimum absolute atomic E-state index is 0.235. The Hall–Kier alpha value is -3.28. The minimum Gasteiger partial charge on any atom is -0.366 e. The Balaban J connectivity index is 2.06. The van der Waals surface area contributed by atoms with Gasteiger partial charge in [-0.25, -0.2) is 13.2 Å². The zero-order chi connectivity index (χ0) is 20.7. The molecule has 1 heterocycles. The van der Waals surface area contributed by atoms with Gasteiger partial charge in [0.15, 0.2) is 11.6 Å². The Labute approximate surface area is 165 Å². The fraction of sp³-hybridized carbons (Fsp3) is 0.174. The molecule has 29 heavy (non-hydrogen) atoms. The van der Waals surface area contributed by atoms with E-state index in [1.807, 2.05) is 19.1 Å². The summed E-state index contributed by atoms with van der Waals surface area (Å²) in [6.07, 6.45) is 1.72. The Morgan fingerprint density at radius 2 is 1.86 bits per heavy atom. The molecule has 4 aromatic rings. The number of nitrogens with zero attached hydrogens (tertiary/aromatic N) is 1. The van der Waals surface area contributed by atoms with Crippen LogP contribution in [-0.4, -0.2) is 10.5 Å². The van der Waals surface area contributed by atoms with Gasteiger partial charge in [-0.1, -0.05) is 25.5 Å². The van der Waals surface area contributed by atoms with Crippen LogP contribution in [0.3, 0.4) is 0 Å². The number of hydrogen-bond donors (Lipinski definition) is 1. The van der Waals surface area contributed by atoms with E-state index in [4.69, 9.17) is 5.73 Å². The van der Waals surface area contributed by atoms with Gasteiger partial charge in [0, 0.05) is 21.9 Å². The average molecular weight is 395 g/mol. The van der Waals surface area contributed by atoms with Crippen molar-refractivity contribution in [3.05, 3.63) is 82.7 Å². The molecule has 0 atom stereocenters. The zero-order valence-corrected chi connectivity index (χ0v) is 15.7. The molecular formula is C23H18F3N2O. The molecule has 3 aromatic carbocycles. The number of carbonyl (C=O) groups is 1. The first-order chi connectivity index (χ1) is 13.9. The van der Waals surface area contributed by atoms with E-state index in [0.29, 0.717) is 27.4 Å². The fourth-order valence-electron chi connectivity index (χ4n) is 3.78. The molecule has 0 bridgehead atoms. The number of rotatable bonds is 5. The number of benzene rings is 3. The highest BCUT2D eigenvalue weighted by Gasteiger charge is 2.20. The SMILES string of the molecule is CCCc1c[c]c2c3c(C(N)=O)cccc3n(Cc3c(F)ccc(F)c3F)c2c1. The monoisotopic (exact) mass is 395 g/mol. The van der Waals surface area contributed by atoms with Crippen LogP contribution >= 0.6 is 0 Å². The van der Waals surface area contributed by atoms with Crippen molar-refractivity contribution < 1.29 is 18.0 Å². The molecule has 0 saturated carbocycles. The second-order valence-electron chi connectivity index (χ2n) is 6.99. The van der Waals surface area contributed by atoms with Crippen LogP contribution < -0.4 is 5.73 Å². The summed E-state index contributed by atoms with van der Waals surface area (Å²) in [7, 11) is 0. The van der Waals surface area contributed by atoms with E-state index < -0.39 is 23.4 Å². The van der Waals surface area contributed by atoms with E-state index in [-0.39, 0.29) is 12.1 Å². The molecule has 3 nitrogen and oxygen atoms in total. The first-order valence-corrected chi connectivity index (χ1v) is 9.30. The van der Waals surface area contributed by atoms with Gasteiger partial charge >= 0.3 is 0 Å². The van der Waals surface area contributed by atoms with Crippen molar-refractivity contribution in [1.82, 2.24) is 4.57 Å². The molecule has 147 valence electrons. The number of amides is 1. The number of aryl methyl sites for hydroxylation is 1. The van der Waals surface area contributed by atoms with Gasteiger partial charge in [-0.2, -0.15) is 0 Å². The Morgan fingerprint density at radius 3 is 2.59 bits per heavy atom. The molecule has 1 aromatic heterocycles. The lowest BCUT2D eigenvalue weighted by molar-refractivity contribution is 0.100. The number of hydrogen-bond acceptors (Lipinski definition) is 1. The Morgan fingerprint density at radius 1 is 1.10 bits per heavy atom. The van der Waals surface area contributed by atoms with E-state index >= 15 is 0 Å². The van der Waals surface area contributed by atoms with Crippen LogP contribution in [0.1, 0.15) is 34.8 Å². The molecule has 6 heteroatoms. The molecular weight excluding hydrogens is 377 g/mol. The summed E-state index contributed by atoms with van der Waals surface area (Å²) in [4.78, 5) is 12.0. The number of nitrogens with two attached hydrogens (primary N) is 1. The summed E-state index contributed by atoms with van der Waals surface area (Å²) in [5.41, 5.74) is 7.70. The maximum absolute atomic E-state index is 14.4. The number of fused-ring (bicyclic) bond motifs is 3. The van der Waals surface area contributed by atoms with Gasteiger partial charge in [0.05, 0.1) is 17.6 Å². The summed E-state index contributed by atoms with van der Waals surface area (Å²) in [6, 6.07) is 13.6. The molecule has 0 spiro atoms. The number of halogens is 3. The standard InChI is InChI=1S/C23H18F3N2O/c1-2-4-13-7-8-14-20(11-13)28(12-16-17(24)9-10-18(25)22(16)26)19-6-3-5-15(21(14)19)23(27)29/h3,5-7,9-11H,2,4,12H2,1H3,(H2,27,29). The molecule has 4 rings (SSSR count). The summed E-state index contributed by atoms with van der Waals surface area (Å²) in [6.45, 7) is 1.81.